The molecule has 0 spiro atoms. The van der Waals surface area contributed by atoms with Gasteiger partial charge in [0.05, 0.1) is 18.1 Å². The monoisotopic (exact) mass is 354 g/mol. The zero-order chi connectivity index (χ0) is 18.3. The minimum atomic E-state index is -0.734. The van der Waals surface area contributed by atoms with Gasteiger partial charge in [-0.15, -0.1) is 0 Å². The van der Waals surface area contributed by atoms with E-state index in [0.717, 1.165) is 0 Å². The molecule has 2 heterocycles. The Morgan fingerprint density at radius 1 is 1.15 bits per heavy atom. The molecular formula is C20H15FO5. The number of halogens is 1. The summed E-state index contributed by atoms with van der Waals surface area (Å²) in [5.41, 5.74) is 0.693. The lowest BCUT2D eigenvalue weighted by atomic mass is 9.79. The van der Waals surface area contributed by atoms with Gasteiger partial charge in [-0.05, 0) is 29.8 Å². The molecule has 0 bridgehead atoms. The maximum absolute atomic E-state index is 13.4. The highest BCUT2D eigenvalue weighted by molar-refractivity contribution is 5.86. The average molecular weight is 354 g/mol. The topological polar surface area (TPSA) is 65.7 Å². The van der Waals surface area contributed by atoms with E-state index in [9.17, 15) is 14.0 Å². The molecule has 2 atom stereocenters. The number of fused-ring (bicyclic) bond motifs is 3. The Hall–Kier alpha value is -3.15. The summed E-state index contributed by atoms with van der Waals surface area (Å²) in [6, 6.07) is 12.7. The summed E-state index contributed by atoms with van der Waals surface area (Å²) >= 11 is 0. The van der Waals surface area contributed by atoms with Crippen molar-refractivity contribution in [1.29, 1.82) is 0 Å². The predicted molar refractivity (Wildman–Crippen MR) is 91.7 cm³/mol. The maximum Gasteiger partial charge on any atom is 0.343 e. The molecule has 4 rings (SSSR count). The molecule has 6 heteroatoms. The van der Waals surface area contributed by atoms with Gasteiger partial charge in [-0.3, -0.25) is 4.79 Å². The minimum absolute atomic E-state index is 0.0508. The Labute approximate surface area is 148 Å². The molecule has 0 N–H and O–H groups in total. The molecule has 0 radical (unpaired) electrons. The van der Waals surface area contributed by atoms with E-state index in [-0.39, 0.29) is 12.2 Å². The Balaban J connectivity index is 1.99. The molecule has 0 fully saturated rings. The van der Waals surface area contributed by atoms with Crippen LogP contribution in [0.4, 0.5) is 4.39 Å². The number of carbonyl (C=O) groups excluding carboxylic acids is 1. The fraction of sp³-hybridized carbons (Fsp3) is 0.200. The summed E-state index contributed by atoms with van der Waals surface area (Å²) in [6.45, 7) is 0.0508. The molecule has 3 aromatic rings. The second-order valence-corrected chi connectivity index (χ2v) is 6.10. The first-order chi connectivity index (χ1) is 12.6. The van der Waals surface area contributed by atoms with Gasteiger partial charge in [-0.2, -0.15) is 0 Å². The second kappa shape index (κ2) is 6.29. The third-order valence-electron chi connectivity index (χ3n) is 4.65. The number of ether oxygens (including phenoxy) is 2. The van der Waals surface area contributed by atoms with Crippen molar-refractivity contribution in [2.24, 2.45) is 5.92 Å². The number of hydrogen-bond acceptors (Lipinski definition) is 5. The molecule has 0 saturated heterocycles. The number of esters is 1. The highest BCUT2D eigenvalue weighted by Crippen LogP contribution is 2.43. The number of benzene rings is 2. The van der Waals surface area contributed by atoms with Gasteiger partial charge in [-0.25, -0.2) is 9.18 Å². The van der Waals surface area contributed by atoms with E-state index >= 15 is 0 Å². The van der Waals surface area contributed by atoms with Gasteiger partial charge in [0.25, 0.3) is 0 Å². The number of rotatable bonds is 2. The molecule has 0 aliphatic carbocycles. The zero-order valence-electron chi connectivity index (χ0n) is 13.9. The largest absolute Gasteiger partial charge is 0.491 e. The fourth-order valence-electron chi connectivity index (χ4n) is 3.45. The molecule has 1 aromatic heterocycles. The third kappa shape index (κ3) is 2.54. The summed E-state index contributed by atoms with van der Waals surface area (Å²) in [4.78, 5) is 25.0. The smallest absolute Gasteiger partial charge is 0.343 e. The Morgan fingerprint density at radius 3 is 2.62 bits per heavy atom. The van der Waals surface area contributed by atoms with Crippen LogP contribution in [0, 0.1) is 11.7 Å². The molecule has 26 heavy (non-hydrogen) atoms. The van der Waals surface area contributed by atoms with E-state index in [1.165, 1.54) is 19.2 Å². The lowest BCUT2D eigenvalue weighted by Gasteiger charge is -2.31. The molecule has 1 aliphatic heterocycles. The van der Waals surface area contributed by atoms with E-state index in [1.54, 1.807) is 30.3 Å². The SMILES string of the molecule is COC(=O)[C@@H]1COc2c(c(=O)oc3ccccc23)[C@@H]1c1ccc(F)cc1. The van der Waals surface area contributed by atoms with Gasteiger partial charge in [-0.1, -0.05) is 24.3 Å². The molecule has 2 aromatic carbocycles. The average Bonchev–Trinajstić information content (AvgIpc) is 2.67. The van der Waals surface area contributed by atoms with Gasteiger partial charge in [0.2, 0.25) is 0 Å². The van der Waals surface area contributed by atoms with E-state index < -0.39 is 29.2 Å². The van der Waals surface area contributed by atoms with E-state index in [2.05, 4.69) is 0 Å². The second-order valence-electron chi connectivity index (χ2n) is 6.10. The van der Waals surface area contributed by atoms with Crippen molar-refractivity contribution in [3.63, 3.8) is 0 Å². The first-order valence-corrected chi connectivity index (χ1v) is 8.12. The number of methoxy groups -OCH3 is 1. The van der Waals surface area contributed by atoms with Crippen LogP contribution in [0.1, 0.15) is 17.0 Å². The van der Waals surface area contributed by atoms with Crippen molar-refractivity contribution in [2.75, 3.05) is 13.7 Å². The molecule has 1 aliphatic rings. The molecule has 0 unspecified atom stereocenters. The van der Waals surface area contributed by atoms with Crippen molar-refractivity contribution in [1.82, 2.24) is 0 Å². The summed E-state index contributed by atoms with van der Waals surface area (Å²) in [5.74, 6) is -1.89. The van der Waals surface area contributed by atoms with Gasteiger partial charge >= 0.3 is 11.6 Å². The molecular weight excluding hydrogens is 339 g/mol. The predicted octanol–water partition coefficient (Wildman–Crippen LogP) is 3.25. The van der Waals surface area contributed by atoms with Crippen molar-refractivity contribution in [3.8, 4) is 5.75 Å². The summed E-state index contributed by atoms with van der Waals surface area (Å²) in [6.07, 6.45) is 0. The van der Waals surface area contributed by atoms with Crippen LogP contribution < -0.4 is 10.4 Å². The lowest BCUT2D eigenvalue weighted by molar-refractivity contribution is -0.147. The fourth-order valence-corrected chi connectivity index (χ4v) is 3.45. The molecule has 0 saturated carbocycles. The number of hydrogen-bond donors (Lipinski definition) is 0. The van der Waals surface area contributed by atoms with Gasteiger partial charge in [0, 0.05) is 5.92 Å². The molecule has 5 nitrogen and oxygen atoms in total. The van der Waals surface area contributed by atoms with Gasteiger partial charge in [0.1, 0.15) is 29.7 Å². The van der Waals surface area contributed by atoms with Crippen molar-refractivity contribution in [2.45, 2.75) is 5.92 Å². The van der Waals surface area contributed by atoms with Crippen LogP contribution in [0.5, 0.6) is 5.75 Å². The third-order valence-corrected chi connectivity index (χ3v) is 4.65. The van der Waals surface area contributed by atoms with Crippen LogP contribution in [0.2, 0.25) is 0 Å². The molecule has 132 valence electrons. The van der Waals surface area contributed by atoms with Crippen molar-refractivity contribution in [3.05, 3.63) is 75.9 Å². The van der Waals surface area contributed by atoms with Crippen molar-refractivity contribution < 1.29 is 23.1 Å². The summed E-state index contributed by atoms with van der Waals surface area (Å²) < 4.78 is 29.5. The van der Waals surface area contributed by atoms with Crippen LogP contribution in [0.3, 0.4) is 0 Å². The lowest BCUT2D eigenvalue weighted by Crippen LogP contribution is -2.36. The zero-order valence-corrected chi connectivity index (χ0v) is 13.9. The highest BCUT2D eigenvalue weighted by atomic mass is 19.1. The van der Waals surface area contributed by atoms with Crippen molar-refractivity contribution >= 4 is 16.9 Å². The summed E-state index contributed by atoms with van der Waals surface area (Å²) in [5, 5.41) is 0.650. The van der Waals surface area contributed by atoms with Crippen LogP contribution in [0.15, 0.2) is 57.7 Å². The quantitative estimate of drug-likeness (QED) is 0.522. The molecule has 0 amide bonds. The highest BCUT2D eigenvalue weighted by Gasteiger charge is 2.41. The number of para-hydroxylation sites is 1. The van der Waals surface area contributed by atoms with E-state index in [1.807, 2.05) is 6.07 Å². The van der Waals surface area contributed by atoms with Crippen LogP contribution in [0.25, 0.3) is 11.0 Å². The van der Waals surface area contributed by atoms with Gasteiger partial charge < -0.3 is 13.9 Å². The first kappa shape index (κ1) is 16.3. The normalized spacial score (nSPS) is 18.8. The van der Waals surface area contributed by atoms with Crippen LogP contribution in [-0.4, -0.2) is 19.7 Å². The van der Waals surface area contributed by atoms with Crippen LogP contribution in [-0.2, 0) is 9.53 Å². The van der Waals surface area contributed by atoms with E-state index in [4.69, 9.17) is 13.9 Å². The maximum atomic E-state index is 13.4. The Kier molecular flexibility index (Phi) is 3.95. The minimum Gasteiger partial charge on any atom is -0.491 e. The Morgan fingerprint density at radius 2 is 1.88 bits per heavy atom. The number of carbonyl (C=O) groups is 1. The Bertz CT molecular complexity index is 1040. The standard InChI is InChI=1S/C20H15FO5/c1-24-19(22)14-10-25-18-13-4-2-3-5-15(13)26-20(23)17(18)16(14)11-6-8-12(21)9-7-11/h2-9,14,16H,10H2,1H3/t14-,16-/m1/s1. The van der Waals surface area contributed by atoms with Gasteiger partial charge in [0.15, 0.2) is 0 Å². The van der Waals surface area contributed by atoms with E-state index in [0.29, 0.717) is 22.3 Å². The first-order valence-electron chi connectivity index (χ1n) is 8.12. The summed E-state index contributed by atoms with van der Waals surface area (Å²) in [7, 11) is 1.28. The van der Waals surface area contributed by atoms with Crippen LogP contribution >= 0.6 is 0 Å².